The zero-order valence-electron chi connectivity index (χ0n) is 18.6. The standard InChI is InChI=1S/C24H24N8OS/c33-24(32-10-1-2-11-32)23-31-30-22(34-23)17-14-27-21(13-19(17)28-15-4-3-5-15)29-16-6-7-18-20(12-16)26-9-8-25-18/h6-9,12-15H,1-5,10-11H2,(H2,27,28,29). The molecule has 0 unspecified atom stereocenters. The van der Waals surface area contributed by atoms with Gasteiger partial charge in [0.2, 0.25) is 5.01 Å². The number of rotatable bonds is 6. The van der Waals surface area contributed by atoms with Crippen molar-refractivity contribution in [1.82, 2.24) is 30.0 Å². The summed E-state index contributed by atoms with van der Waals surface area (Å²) in [6.07, 6.45) is 10.8. The van der Waals surface area contributed by atoms with Crippen molar-refractivity contribution >= 4 is 45.5 Å². The molecule has 3 aromatic heterocycles. The summed E-state index contributed by atoms with van der Waals surface area (Å²) >= 11 is 1.33. The van der Waals surface area contributed by atoms with Gasteiger partial charge in [-0.3, -0.25) is 14.8 Å². The summed E-state index contributed by atoms with van der Waals surface area (Å²) in [6.45, 7) is 1.59. The number of benzene rings is 1. The highest BCUT2D eigenvalue weighted by Gasteiger charge is 2.25. The molecular weight excluding hydrogens is 448 g/mol. The molecule has 1 saturated carbocycles. The summed E-state index contributed by atoms with van der Waals surface area (Å²) in [6, 6.07) is 8.29. The average Bonchev–Trinajstić information content (AvgIpc) is 3.54. The number of nitrogens with zero attached hydrogens (tertiary/aromatic N) is 6. The highest BCUT2D eigenvalue weighted by atomic mass is 32.1. The highest BCUT2D eigenvalue weighted by Crippen LogP contribution is 2.35. The summed E-state index contributed by atoms with van der Waals surface area (Å²) in [5.74, 6) is 0.687. The minimum absolute atomic E-state index is 0.0274. The molecule has 1 amide bonds. The van der Waals surface area contributed by atoms with Crippen LogP contribution in [0.25, 0.3) is 21.6 Å². The smallest absolute Gasteiger partial charge is 0.284 e. The number of fused-ring (bicyclic) bond motifs is 1. The van der Waals surface area contributed by atoms with Crippen LogP contribution >= 0.6 is 11.3 Å². The number of carbonyl (C=O) groups is 1. The number of nitrogens with one attached hydrogen (secondary N) is 2. The van der Waals surface area contributed by atoms with E-state index in [0.717, 1.165) is 66.7 Å². The van der Waals surface area contributed by atoms with Crippen molar-refractivity contribution < 1.29 is 4.79 Å². The number of amides is 1. The second-order valence-corrected chi connectivity index (χ2v) is 9.66. The van der Waals surface area contributed by atoms with Crippen LogP contribution in [0, 0.1) is 0 Å². The fourth-order valence-electron chi connectivity index (χ4n) is 4.25. The predicted octanol–water partition coefficient (Wildman–Crippen LogP) is 4.49. The molecule has 1 aromatic carbocycles. The van der Waals surface area contributed by atoms with Crippen LogP contribution in [0.15, 0.2) is 42.9 Å². The Balaban J connectivity index is 1.29. The molecule has 2 aliphatic rings. The second-order valence-electron chi connectivity index (χ2n) is 8.68. The molecule has 172 valence electrons. The summed E-state index contributed by atoms with van der Waals surface area (Å²) in [5.41, 5.74) is 4.36. The molecule has 4 heterocycles. The number of carbonyl (C=O) groups excluding carboxylic acids is 1. The average molecular weight is 473 g/mol. The van der Waals surface area contributed by atoms with Gasteiger partial charge in [-0.05, 0) is 50.3 Å². The summed E-state index contributed by atoms with van der Waals surface area (Å²) in [4.78, 5) is 27.9. The largest absolute Gasteiger partial charge is 0.382 e. The monoisotopic (exact) mass is 472 g/mol. The van der Waals surface area contributed by atoms with E-state index in [-0.39, 0.29) is 5.91 Å². The lowest BCUT2D eigenvalue weighted by atomic mass is 9.93. The number of pyridine rings is 1. The summed E-state index contributed by atoms with van der Waals surface area (Å²) in [7, 11) is 0. The van der Waals surface area contributed by atoms with Gasteiger partial charge in [0, 0.05) is 55.2 Å². The van der Waals surface area contributed by atoms with Crippen molar-refractivity contribution in [3.63, 3.8) is 0 Å². The normalized spacial score (nSPS) is 15.9. The number of anilines is 3. The first-order chi connectivity index (χ1) is 16.7. The molecule has 0 radical (unpaired) electrons. The van der Waals surface area contributed by atoms with E-state index >= 15 is 0 Å². The highest BCUT2D eigenvalue weighted by molar-refractivity contribution is 7.16. The number of likely N-dealkylation sites (tertiary alicyclic amines) is 1. The van der Waals surface area contributed by atoms with Crippen molar-refractivity contribution in [3.05, 3.63) is 47.9 Å². The summed E-state index contributed by atoms with van der Waals surface area (Å²) < 4.78 is 0. The third-order valence-electron chi connectivity index (χ3n) is 6.34. The Labute approximate surface area is 200 Å². The van der Waals surface area contributed by atoms with Crippen LogP contribution in [0.5, 0.6) is 0 Å². The van der Waals surface area contributed by atoms with Gasteiger partial charge in [0.05, 0.1) is 16.6 Å². The lowest BCUT2D eigenvalue weighted by Gasteiger charge is -2.28. The van der Waals surface area contributed by atoms with Crippen molar-refractivity contribution in [2.45, 2.75) is 38.1 Å². The Morgan fingerprint density at radius 1 is 0.971 bits per heavy atom. The number of aromatic nitrogens is 5. The van der Waals surface area contributed by atoms with Crippen LogP contribution in [0.3, 0.4) is 0 Å². The van der Waals surface area contributed by atoms with Crippen LogP contribution in [-0.2, 0) is 0 Å². The third kappa shape index (κ3) is 4.16. The summed E-state index contributed by atoms with van der Waals surface area (Å²) in [5, 5.41) is 16.7. The van der Waals surface area contributed by atoms with Gasteiger partial charge in [-0.1, -0.05) is 11.3 Å². The van der Waals surface area contributed by atoms with E-state index in [4.69, 9.17) is 0 Å². The van der Waals surface area contributed by atoms with E-state index in [1.54, 1.807) is 18.6 Å². The fourth-order valence-corrected chi connectivity index (χ4v) is 5.08. The lowest BCUT2D eigenvalue weighted by molar-refractivity contribution is 0.0791. The Bertz CT molecular complexity index is 1350. The molecule has 1 aliphatic heterocycles. The molecule has 0 atom stereocenters. The quantitative estimate of drug-likeness (QED) is 0.423. The van der Waals surface area contributed by atoms with E-state index in [1.165, 1.54) is 17.8 Å². The topological polar surface area (TPSA) is 109 Å². The van der Waals surface area contributed by atoms with Gasteiger partial charge in [0.25, 0.3) is 5.91 Å². The number of hydrogen-bond donors (Lipinski definition) is 2. The Morgan fingerprint density at radius 3 is 2.59 bits per heavy atom. The minimum Gasteiger partial charge on any atom is -0.382 e. The zero-order valence-corrected chi connectivity index (χ0v) is 19.4. The van der Waals surface area contributed by atoms with Crippen LogP contribution in [0.1, 0.15) is 41.9 Å². The molecule has 9 nitrogen and oxygen atoms in total. The molecule has 2 N–H and O–H groups in total. The van der Waals surface area contributed by atoms with Gasteiger partial charge in [-0.15, -0.1) is 10.2 Å². The van der Waals surface area contributed by atoms with Gasteiger partial charge in [-0.25, -0.2) is 4.98 Å². The Morgan fingerprint density at radius 2 is 1.79 bits per heavy atom. The minimum atomic E-state index is -0.0274. The zero-order chi connectivity index (χ0) is 22.9. The first-order valence-corrected chi connectivity index (χ1v) is 12.4. The van der Waals surface area contributed by atoms with Gasteiger partial charge in [-0.2, -0.15) is 0 Å². The Kier molecular flexibility index (Phi) is 5.50. The molecule has 0 bridgehead atoms. The van der Waals surface area contributed by atoms with Crippen LogP contribution in [0.2, 0.25) is 0 Å². The van der Waals surface area contributed by atoms with E-state index in [2.05, 4.69) is 35.8 Å². The molecule has 6 rings (SSSR count). The molecule has 4 aromatic rings. The lowest BCUT2D eigenvalue weighted by Crippen LogP contribution is -2.27. The van der Waals surface area contributed by atoms with Crippen molar-refractivity contribution in [2.24, 2.45) is 0 Å². The molecular formula is C24H24N8OS. The molecule has 34 heavy (non-hydrogen) atoms. The van der Waals surface area contributed by atoms with E-state index in [0.29, 0.717) is 21.9 Å². The first kappa shape index (κ1) is 20.9. The van der Waals surface area contributed by atoms with Gasteiger partial charge >= 0.3 is 0 Å². The van der Waals surface area contributed by atoms with Gasteiger partial charge < -0.3 is 15.5 Å². The predicted molar refractivity (Wildman–Crippen MR) is 132 cm³/mol. The maximum atomic E-state index is 12.7. The Hall–Kier alpha value is -3.66. The van der Waals surface area contributed by atoms with Gasteiger partial charge in [0.1, 0.15) is 5.82 Å². The third-order valence-corrected chi connectivity index (χ3v) is 7.29. The van der Waals surface area contributed by atoms with Gasteiger partial charge in [0.15, 0.2) is 5.01 Å². The van der Waals surface area contributed by atoms with Crippen LogP contribution in [-0.4, -0.2) is 55.1 Å². The molecule has 2 fully saturated rings. The number of hydrogen-bond acceptors (Lipinski definition) is 9. The van der Waals surface area contributed by atoms with Crippen LogP contribution < -0.4 is 10.6 Å². The van der Waals surface area contributed by atoms with Crippen molar-refractivity contribution in [1.29, 1.82) is 0 Å². The van der Waals surface area contributed by atoms with E-state index in [1.807, 2.05) is 29.2 Å². The van der Waals surface area contributed by atoms with E-state index < -0.39 is 0 Å². The van der Waals surface area contributed by atoms with E-state index in [9.17, 15) is 4.79 Å². The van der Waals surface area contributed by atoms with Crippen molar-refractivity contribution in [2.75, 3.05) is 23.7 Å². The second kappa shape index (κ2) is 8.94. The maximum Gasteiger partial charge on any atom is 0.284 e. The molecule has 10 heteroatoms. The fraction of sp³-hybridized carbons (Fsp3) is 0.333. The van der Waals surface area contributed by atoms with Crippen LogP contribution in [0.4, 0.5) is 17.2 Å². The first-order valence-electron chi connectivity index (χ1n) is 11.6. The van der Waals surface area contributed by atoms with Crippen molar-refractivity contribution in [3.8, 4) is 10.6 Å². The molecule has 1 saturated heterocycles. The maximum absolute atomic E-state index is 12.7. The molecule has 0 spiro atoms. The SMILES string of the molecule is O=C(c1nnc(-c2cnc(Nc3ccc4nccnc4c3)cc2NC2CCC2)s1)N1CCCC1. The molecule has 1 aliphatic carbocycles.